The van der Waals surface area contributed by atoms with E-state index in [9.17, 15) is 4.79 Å². The van der Waals surface area contributed by atoms with Gasteiger partial charge in [-0.25, -0.2) is 0 Å². The van der Waals surface area contributed by atoms with Gasteiger partial charge in [0.05, 0.1) is 13.2 Å². The van der Waals surface area contributed by atoms with Crippen molar-refractivity contribution in [3.05, 3.63) is 0 Å². The standard InChI is InChI=1S/C15H28N2O3/c1-15(2,12-17-5-8-19-9-6-17)16-14(18)10-13-4-3-7-20-11-13/h13H,3-12H2,1-2H3,(H,16,18)/t13-/m1/s1. The Kier molecular flexibility index (Phi) is 5.81. The van der Waals surface area contributed by atoms with Crippen molar-refractivity contribution < 1.29 is 14.3 Å². The number of nitrogens with zero attached hydrogens (tertiary/aromatic N) is 1. The van der Waals surface area contributed by atoms with Crippen LogP contribution in [-0.4, -0.2) is 62.4 Å². The van der Waals surface area contributed by atoms with Crippen molar-refractivity contribution in [2.45, 2.75) is 38.6 Å². The second-order valence-corrected chi connectivity index (χ2v) is 6.61. The lowest BCUT2D eigenvalue weighted by atomic mass is 9.97. The smallest absolute Gasteiger partial charge is 0.220 e. The first-order chi connectivity index (χ1) is 9.55. The minimum absolute atomic E-state index is 0.152. The Bertz CT molecular complexity index is 308. The third-order valence-electron chi connectivity index (χ3n) is 3.93. The summed E-state index contributed by atoms with van der Waals surface area (Å²) in [5.41, 5.74) is -0.191. The largest absolute Gasteiger partial charge is 0.381 e. The number of hydrogen-bond donors (Lipinski definition) is 1. The Morgan fingerprint density at radius 3 is 2.65 bits per heavy atom. The molecule has 20 heavy (non-hydrogen) atoms. The molecule has 0 saturated carbocycles. The summed E-state index contributed by atoms with van der Waals surface area (Å²) >= 11 is 0. The first kappa shape index (κ1) is 15.7. The molecule has 0 aromatic rings. The number of hydrogen-bond acceptors (Lipinski definition) is 4. The molecule has 0 aromatic heterocycles. The second-order valence-electron chi connectivity index (χ2n) is 6.61. The van der Waals surface area contributed by atoms with E-state index in [2.05, 4.69) is 24.1 Å². The van der Waals surface area contributed by atoms with Crippen LogP contribution in [0.15, 0.2) is 0 Å². The third-order valence-corrected chi connectivity index (χ3v) is 3.93. The number of morpholine rings is 1. The molecule has 1 N–H and O–H groups in total. The monoisotopic (exact) mass is 284 g/mol. The maximum absolute atomic E-state index is 12.2. The minimum atomic E-state index is -0.191. The molecular formula is C15H28N2O3. The Morgan fingerprint density at radius 2 is 2.00 bits per heavy atom. The molecule has 2 rings (SSSR count). The molecule has 1 amide bonds. The van der Waals surface area contributed by atoms with Gasteiger partial charge in [0.15, 0.2) is 0 Å². The summed E-state index contributed by atoms with van der Waals surface area (Å²) in [6.07, 6.45) is 2.78. The van der Waals surface area contributed by atoms with Crippen LogP contribution in [-0.2, 0) is 14.3 Å². The minimum Gasteiger partial charge on any atom is -0.381 e. The van der Waals surface area contributed by atoms with Crippen LogP contribution < -0.4 is 5.32 Å². The van der Waals surface area contributed by atoms with E-state index in [4.69, 9.17) is 9.47 Å². The molecule has 0 unspecified atom stereocenters. The molecule has 1 atom stereocenters. The molecule has 0 aliphatic carbocycles. The van der Waals surface area contributed by atoms with E-state index in [-0.39, 0.29) is 11.4 Å². The van der Waals surface area contributed by atoms with Gasteiger partial charge in [-0.1, -0.05) is 0 Å². The van der Waals surface area contributed by atoms with Crippen LogP contribution in [0.2, 0.25) is 0 Å². The van der Waals surface area contributed by atoms with Gasteiger partial charge in [0, 0.05) is 44.8 Å². The number of carbonyl (C=O) groups is 1. The molecular weight excluding hydrogens is 256 g/mol. The Labute approximate surface area is 122 Å². The first-order valence-corrected chi connectivity index (χ1v) is 7.74. The fourth-order valence-corrected chi connectivity index (χ4v) is 3.02. The number of ether oxygens (including phenoxy) is 2. The van der Waals surface area contributed by atoms with E-state index < -0.39 is 0 Å². The molecule has 2 saturated heterocycles. The van der Waals surface area contributed by atoms with Gasteiger partial charge in [0.2, 0.25) is 5.91 Å². The van der Waals surface area contributed by atoms with Gasteiger partial charge in [0.1, 0.15) is 0 Å². The molecule has 2 aliphatic rings. The summed E-state index contributed by atoms with van der Waals surface area (Å²) < 4.78 is 10.8. The first-order valence-electron chi connectivity index (χ1n) is 7.74. The Morgan fingerprint density at radius 1 is 1.25 bits per heavy atom. The quantitative estimate of drug-likeness (QED) is 0.819. The summed E-state index contributed by atoms with van der Waals surface area (Å²) in [5, 5.41) is 3.17. The Balaban J connectivity index is 1.72. The lowest BCUT2D eigenvalue weighted by Crippen LogP contribution is -2.53. The van der Waals surface area contributed by atoms with E-state index in [1.807, 2.05) is 0 Å². The second kappa shape index (κ2) is 7.38. The van der Waals surface area contributed by atoms with E-state index in [1.54, 1.807) is 0 Å². The van der Waals surface area contributed by atoms with Crippen LogP contribution in [0.25, 0.3) is 0 Å². The van der Waals surface area contributed by atoms with Crippen molar-refractivity contribution in [2.75, 3.05) is 46.1 Å². The highest BCUT2D eigenvalue weighted by molar-refractivity contribution is 5.77. The number of rotatable bonds is 5. The van der Waals surface area contributed by atoms with Gasteiger partial charge < -0.3 is 14.8 Å². The van der Waals surface area contributed by atoms with Crippen molar-refractivity contribution in [3.8, 4) is 0 Å². The van der Waals surface area contributed by atoms with E-state index in [1.165, 1.54) is 0 Å². The fourth-order valence-electron chi connectivity index (χ4n) is 3.02. The van der Waals surface area contributed by atoms with E-state index in [0.717, 1.165) is 58.9 Å². The summed E-state index contributed by atoms with van der Waals surface area (Å²) in [6, 6.07) is 0. The molecule has 0 bridgehead atoms. The van der Waals surface area contributed by atoms with Crippen LogP contribution in [0.4, 0.5) is 0 Å². The maximum atomic E-state index is 12.2. The molecule has 0 spiro atoms. The molecule has 2 aliphatic heterocycles. The van der Waals surface area contributed by atoms with Crippen LogP contribution >= 0.6 is 0 Å². The highest BCUT2D eigenvalue weighted by Crippen LogP contribution is 2.17. The molecule has 2 heterocycles. The zero-order valence-electron chi connectivity index (χ0n) is 12.8. The average Bonchev–Trinajstić information content (AvgIpc) is 2.39. The van der Waals surface area contributed by atoms with Crippen molar-refractivity contribution in [2.24, 2.45) is 5.92 Å². The fraction of sp³-hybridized carbons (Fsp3) is 0.933. The van der Waals surface area contributed by atoms with E-state index in [0.29, 0.717) is 12.3 Å². The van der Waals surface area contributed by atoms with Gasteiger partial charge in [-0.2, -0.15) is 0 Å². The van der Waals surface area contributed by atoms with Crippen molar-refractivity contribution in [1.82, 2.24) is 10.2 Å². The SMILES string of the molecule is CC(C)(CN1CCOCC1)NC(=O)C[C@H]1CCCOC1. The lowest BCUT2D eigenvalue weighted by molar-refractivity contribution is -0.125. The summed E-state index contributed by atoms with van der Waals surface area (Å²) in [5.74, 6) is 0.543. The summed E-state index contributed by atoms with van der Waals surface area (Å²) in [4.78, 5) is 14.5. The van der Waals surface area contributed by atoms with Gasteiger partial charge in [0.25, 0.3) is 0 Å². The summed E-state index contributed by atoms with van der Waals surface area (Å²) in [6.45, 7) is 10.1. The number of carbonyl (C=O) groups excluding carboxylic acids is 1. The van der Waals surface area contributed by atoms with Crippen molar-refractivity contribution in [3.63, 3.8) is 0 Å². The molecule has 5 nitrogen and oxygen atoms in total. The zero-order valence-corrected chi connectivity index (χ0v) is 12.8. The van der Waals surface area contributed by atoms with Crippen molar-refractivity contribution >= 4 is 5.91 Å². The molecule has 0 radical (unpaired) electrons. The van der Waals surface area contributed by atoms with Crippen LogP contribution in [0.3, 0.4) is 0 Å². The van der Waals surface area contributed by atoms with Gasteiger partial charge in [-0.15, -0.1) is 0 Å². The summed E-state index contributed by atoms with van der Waals surface area (Å²) in [7, 11) is 0. The predicted molar refractivity (Wildman–Crippen MR) is 77.6 cm³/mol. The van der Waals surface area contributed by atoms with Gasteiger partial charge in [-0.3, -0.25) is 9.69 Å². The van der Waals surface area contributed by atoms with Crippen LogP contribution in [0, 0.1) is 5.92 Å². The average molecular weight is 284 g/mol. The molecule has 0 aromatic carbocycles. The third kappa shape index (κ3) is 5.38. The number of amides is 1. The highest BCUT2D eigenvalue weighted by Gasteiger charge is 2.26. The number of nitrogens with one attached hydrogen (secondary N) is 1. The lowest BCUT2D eigenvalue weighted by Gasteiger charge is -2.35. The predicted octanol–water partition coefficient (Wildman–Crippen LogP) is 1.03. The van der Waals surface area contributed by atoms with Crippen LogP contribution in [0.5, 0.6) is 0 Å². The van der Waals surface area contributed by atoms with Crippen molar-refractivity contribution in [1.29, 1.82) is 0 Å². The topological polar surface area (TPSA) is 50.8 Å². The van der Waals surface area contributed by atoms with Crippen LogP contribution in [0.1, 0.15) is 33.1 Å². The van der Waals surface area contributed by atoms with Gasteiger partial charge in [-0.05, 0) is 32.6 Å². The van der Waals surface area contributed by atoms with E-state index >= 15 is 0 Å². The maximum Gasteiger partial charge on any atom is 0.220 e. The molecule has 5 heteroatoms. The van der Waals surface area contributed by atoms with Gasteiger partial charge >= 0.3 is 0 Å². The molecule has 2 fully saturated rings. The highest BCUT2D eigenvalue weighted by atomic mass is 16.5. The molecule has 116 valence electrons. The Hall–Kier alpha value is -0.650. The normalized spacial score (nSPS) is 25.4. The zero-order chi connectivity index (χ0) is 14.4.